The predicted octanol–water partition coefficient (Wildman–Crippen LogP) is 3.22. The van der Waals surface area contributed by atoms with Gasteiger partial charge in [0.05, 0.1) is 4.92 Å². The Labute approximate surface area is 122 Å². The molecule has 2 heterocycles. The lowest BCUT2D eigenvalue weighted by atomic mass is 10.2. The Morgan fingerprint density at radius 3 is 3.00 bits per heavy atom. The predicted molar refractivity (Wildman–Crippen MR) is 76.4 cm³/mol. The van der Waals surface area contributed by atoms with Crippen molar-refractivity contribution in [2.24, 2.45) is 0 Å². The first-order chi connectivity index (χ1) is 10.1. The van der Waals surface area contributed by atoms with Gasteiger partial charge in [-0.25, -0.2) is 0 Å². The SMILES string of the molecule is Cc1cccc([N+](=O)[O-])c1Oc1nc2sccn2c1C=O. The van der Waals surface area contributed by atoms with E-state index >= 15 is 0 Å². The molecule has 0 aliphatic rings. The number of carbonyl (C=O) groups is 1. The first kappa shape index (κ1) is 13.3. The number of nitro groups is 1. The zero-order valence-corrected chi connectivity index (χ0v) is 11.7. The zero-order chi connectivity index (χ0) is 15.0. The molecule has 8 heteroatoms. The summed E-state index contributed by atoms with van der Waals surface area (Å²) in [5.41, 5.74) is 0.657. The van der Waals surface area contributed by atoms with E-state index in [1.165, 1.54) is 17.4 Å². The number of rotatable bonds is 4. The number of benzene rings is 1. The molecule has 0 spiro atoms. The van der Waals surface area contributed by atoms with Crippen LogP contribution in [0.4, 0.5) is 5.69 Å². The van der Waals surface area contributed by atoms with E-state index in [9.17, 15) is 14.9 Å². The number of aromatic nitrogens is 2. The van der Waals surface area contributed by atoms with Crippen molar-refractivity contribution in [1.29, 1.82) is 0 Å². The van der Waals surface area contributed by atoms with E-state index in [4.69, 9.17) is 4.74 Å². The third-order valence-electron chi connectivity index (χ3n) is 2.96. The molecule has 0 amide bonds. The lowest BCUT2D eigenvalue weighted by molar-refractivity contribution is -0.385. The average Bonchev–Trinajstić information content (AvgIpc) is 3.00. The van der Waals surface area contributed by atoms with Crippen molar-refractivity contribution in [3.05, 3.63) is 51.1 Å². The molecule has 0 radical (unpaired) electrons. The highest BCUT2D eigenvalue weighted by molar-refractivity contribution is 7.15. The van der Waals surface area contributed by atoms with Gasteiger partial charge in [-0.05, 0) is 12.5 Å². The smallest absolute Gasteiger partial charge is 0.311 e. The Morgan fingerprint density at radius 2 is 2.29 bits per heavy atom. The van der Waals surface area contributed by atoms with Crippen LogP contribution in [0.25, 0.3) is 4.96 Å². The van der Waals surface area contributed by atoms with Crippen LogP contribution in [0.1, 0.15) is 16.1 Å². The van der Waals surface area contributed by atoms with E-state index in [-0.39, 0.29) is 23.0 Å². The summed E-state index contributed by atoms with van der Waals surface area (Å²) in [6.07, 6.45) is 2.31. The van der Waals surface area contributed by atoms with Crippen molar-refractivity contribution in [3.63, 3.8) is 0 Å². The quantitative estimate of drug-likeness (QED) is 0.419. The maximum atomic E-state index is 11.2. The minimum Gasteiger partial charge on any atom is -0.429 e. The van der Waals surface area contributed by atoms with Crippen LogP contribution in [0.5, 0.6) is 11.6 Å². The molecule has 0 atom stereocenters. The highest BCUT2D eigenvalue weighted by Gasteiger charge is 2.22. The van der Waals surface area contributed by atoms with E-state index in [1.807, 2.05) is 0 Å². The van der Waals surface area contributed by atoms with Crippen molar-refractivity contribution in [1.82, 2.24) is 9.38 Å². The van der Waals surface area contributed by atoms with Crippen LogP contribution >= 0.6 is 11.3 Å². The van der Waals surface area contributed by atoms with E-state index < -0.39 is 4.92 Å². The molecule has 0 unspecified atom stereocenters. The maximum Gasteiger partial charge on any atom is 0.311 e. The number of fused-ring (bicyclic) bond motifs is 1. The summed E-state index contributed by atoms with van der Waals surface area (Å²) in [5, 5.41) is 12.9. The standard InChI is InChI=1S/C13H9N3O4S/c1-8-3-2-4-9(16(18)19)11(8)20-12-10(7-17)15-5-6-21-13(15)14-12/h2-7H,1H3. The number of aldehydes is 1. The number of ether oxygens (including phenoxy) is 1. The summed E-state index contributed by atoms with van der Waals surface area (Å²) in [5.74, 6) is 0.158. The number of thiazole rings is 1. The molecule has 0 N–H and O–H groups in total. The third-order valence-corrected chi connectivity index (χ3v) is 3.72. The van der Waals surface area contributed by atoms with Gasteiger partial charge in [-0.3, -0.25) is 19.3 Å². The number of hydrogen-bond donors (Lipinski definition) is 0. The molecule has 21 heavy (non-hydrogen) atoms. The molecule has 106 valence electrons. The van der Waals surface area contributed by atoms with E-state index in [1.54, 1.807) is 35.0 Å². The molecule has 0 aliphatic carbocycles. The number of nitro benzene ring substituents is 1. The number of para-hydroxylation sites is 1. The van der Waals surface area contributed by atoms with Gasteiger partial charge in [0, 0.05) is 17.6 Å². The number of carbonyl (C=O) groups excluding carboxylic acids is 1. The van der Waals surface area contributed by atoms with Gasteiger partial charge in [-0.15, -0.1) is 11.3 Å². The fraction of sp³-hybridized carbons (Fsp3) is 0.0769. The molecule has 3 aromatic rings. The van der Waals surface area contributed by atoms with Gasteiger partial charge < -0.3 is 4.74 Å². The van der Waals surface area contributed by atoms with E-state index in [2.05, 4.69) is 4.98 Å². The van der Waals surface area contributed by atoms with Gasteiger partial charge in [0.15, 0.2) is 16.9 Å². The maximum absolute atomic E-state index is 11.2. The molecule has 0 fully saturated rings. The van der Waals surface area contributed by atoms with E-state index in [0.717, 1.165) is 0 Å². The fourth-order valence-corrected chi connectivity index (χ4v) is 2.69. The molecule has 0 saturated heterocycles. The summed E-state index contributed by atoms with van der Waals surface area (Å²) in [7, 11) is 0. The van der Waals surface area contributed by atoms with Gasteiger partial charge in [-0.2, -0.15) is 4.98 Å². The molecule has 0 saturated carbocycles. The molecular weight excluding hydrogens is 294 g/mol. The summed E-state index contributed by atoms with van der Waals surface area (Å²) in [6, 6.07) is 4.62. The topological polar surface area (TPSA) is 86.7 Å². The van der Waals surface area contributed by atoms with Gasteiger partial charge in [0.1, 0.15) is 0 Å². The van der Waals surface area contributed by atoms with E-state index in [0.29, 0.717) is 16.8 Å². The van der Waals surface area contributed by atoms with Crippen LogP contribution < -0.4 is 4.74 Å². The highest BCUT2D eigenvalue weighted by atomic mass is 32.1. The Bertz CT molecular complexity index is 852. The Hall–Kier alpha value is -2.74. The number of hydrogen-bond acceptors (Lipinski definition) is 6. The van der Waals surface area contributed by atoms with Crippen LogP contribution in [0.2, 0.25) is 0 Å². The minimum absolute atomic E-state index is 0.0641. The summed E-state index contributed by atoms with van der Waals surface area (Å²) >= 11 is 1.34. The molecule has 3 rings (SSSR count). The Kier molecular flexibility index (Phi) is 3.15. The molecule has 0 bridgehead atoms. The van der Waals surface area contributed by atoms with Crippen LogP contribution in [0.3, 0.4) is 0 Å². The van der Waals surface area contributed by atoms with Gasteiger partial charge in [-0.1, -0.05) is 12.1 Å². The summed E-state index contributed by atoms with van der Waals surface area (Å²) in [6.45, 7) is 1.70. The number of imidazole rings is 1. The van der Waals surface area contributed by atoms with Gasteiger partial charge >= 0.3 is 5.69 Å². The van der Waals surface area contributed by atoms with Gasteiger partial charge in [0.2, 0.25) is 11.6 Å². The number of aryl methyl sites for hydroxylation is 1. The third kappa shape index (κ3) is 2.15. The molecule has 7 nitrogen and oxygen atoms in total. The van der Waals surface area contributed by atoms with Gasteiger partial charge in [0.25, 0.3) is 0 Å². The second-order valence-electron chi connectivity index (χ2n) is 4.26. The highest BCUT2D eigenvalue weighted by Crippen LogP contribution is 2.35. The van der Waals surface area contributed by atoms with Crippen LogP contribution in [-0.4, -0.2) is 20.6 Å². The minimum atomic E-state index is -0.526. The van der Waals surface area contributed by atoms with Crippen LogP contribution in [-0.2, 0) is 0 Å². The van der Waals surface area contributed by atoms with Crippen molar-refractivity contribution < 1.29 is 14.5 Å². The van der Waals surface area contributed by atoms with Crippen molar-refractivity contribution in [2.45, 2.75) is 6.92 Å². The zero-order valence-electron chi connectivity index (χ0n) is 10.8. The number of nitrogens with zero attached hydrogens (tertiary/aromatic N) is 3. The second-order valence-corrected chi connectivity index (χ2v) is 5.13. The first-order valence-corrected chi connectivity index (χ1v) is 6.82. The van der Waals surface area contributed by atoms with Crippen molar-refractivity contribution >= 4 is 28.3 Å². The van der Waals surface area contributed by atoms with Crippen molar-refractivity contribution in [3.8, 4) is 11.6 Å². The normalized spacial score (nSPS) is 10.7. The summed E-state index contributed by atoms with van der Waals surface area (Å²) < 4.78 is 7.15. The van der Waals surface area contributed by atoms with Crippen LogP contribution in [0, 0.1) is 17.0 Å². The lowest BCUT2D eigenvalue weighted by Crippen LogP contribution is -1.98. The Morgan fingerprint density at radius 1 is 1.48 bits per heavy atom. The lowest BCUT2D eigenvalue weighted by Gasteiger charge is -2.07. The largest absolute Gasteiger partial charge is 0.429 e. The molecular formula is C13H9N3O4S. The monoisotopic (exact) mass is 303 g/mol. The molecule has 2 aromatic heterocycles. The summed E-state index contributed by atoms with van der Waals surface area (Å²) in [4.78, 5) is 26.5. The second kappa shape index (κ2) is 4.98. The molecule has 1 aromatic carbocycles. The average molecular weight is 303 g/mol. The first-order valence-electron chi connectivity index (χ1n) is 5.94. The molecule has 0 aliphatic heterocycles. The Balaban J connectivity index is 2.12. The van der Waals surface area contributed by atoms with Crippen LogP contribution in [0.15, 0.2) is 29.8 Å². The fourth-order valence-electron chi connectivity index (χ4n) is 1.98. The van der Waals surface area contributed by atoms with Crippen molar-refractivity contribution in [2.75, 3.05) is 0 Å².